The van der Waals surface area contributed by atoms with Crippen molar-refractivity contribution < 1.29 is 9.53 Å². The first-order valence-electron chi connectivity index (χ1n) is 8.46. The normalized spacial score (nSPS) is 15.3. The Labute approximate surface area is 156 Å². The molecule has 1 N–H and O–H groups in total. The number of ether oxygens (including phenoxy) is 1. The van der Waals surface area contributed by atoms with Gasteiger partial charge in [0.25, 0.3) is 5.91 Å². The number of carbonyl (C=O) groups excluding carboxylic acids is 1. The Morgan fingerprint density at radius 2 is 2.00 bits per heavy atom. The monoisotopic (exact) mass is 365 g/mol. The van der Waals surface area contributed by atoms with Crippen LogP contribution in [0.4, 0.5) is 0 Å². The zero-order chi connectivity index (χ0) is 17.9. The van der Waals surface area contributed by atoms with Gasteiger partial charge in [-0.3, -0.25) is 9.36 Å². The molecule has 1 amide bonds. The Hall–Kier alpha value is -2.73. The number of nitrogens with one attached hydrogen (secondary N) is 1. The van der Waals surface area contributed by atoms with Crippen LogP contribution < -0.4 is 10.1 Å². The molecule has 1 aliphatic rings. The molecule has 0 bridgehead atoms. The first-order valence-corrected chi connectivity index (χ1v) is 9.68. The van der Waals surface area contributed by atoms with Crippen LogP contribution in [0.1, 0.15) is 16.1 Å². The summed E-state index contributed by atoms with van der Waals surface area (Å²) in [4.78, 5) is 17.1. The molecule has 0 spiro atoms. The summed E-state index contributed by atoms with van der Waals surface area (Å²) < 4.78 is 7.77. The molecule has 0 radical (unpaired) electrons. The summed E-state index contributed by atoms with van der Waals surface area (Å²) in [6.45, 7) is 0.460. The number of para-hydroxylation sites is 2. The molecule has 1 aromatic heterocycles. The van der Waals surface area contributed by atoms with Crippen molar-refractivity contribution in [2.45, 2.75) is 17.7 Å². The third-order valence-electron chi connectivity index (χ3n) is 4.36. The fraction of sp³-hybridized carbons (Fsp3) is 0.200. The Morgan fingerprint density at radius 1 is 1.23 bits per heavy atom. The molecule has 0 saturated heterocycles. The van der Waals surface area contributed by atoms with Crippen LogP contribution >= 0.6 is 11.8 Å². The van der Waals surface area contributed by atoms with Gasteiger partial charge in [0.1, 0.15) is 17.5 Å². The summed E-state index contributed by atoms with van der Waals surface area (Å²) in [5, 5.41) is 3.77. The quantitative estimate of drug-likeness (QED) is 0.705. The first-order chi connectivity index (χ1) is 12.8. The summed E-state index contributed by atoms with van der Waals surface area (Å²) in [6, 6.07) is 17.8. The second-order valence-corrected chi connectivity index (χ2v) is 6.84. The van der Waals surface area contributed by atoms with E-state index >= 15 is 0 Å². The highest BCUT2D eigenvalue weighted by atomic mass is 32.2. The van der Waals surface area contributed by atoms with Gasteiger partial charge in [0.05, 0.1) is 12.7 Å². The van der Waals surface area contributed by atoms with Crippen LogP contribution in [0, 0.1) is 0 Å². The van der Waals surface area contributed by atoms with Gasteiger partial charge in [-0.25, -0.2) is 4.98 Å². The van der Waals surface area contributed by atoms with Gasteiger partial charge >= 0.3 is 0 Å². The van der Waals surface area contributed by atoms with Crippen molar-refractivity contribution in [2.75, 3.05) is 12.8 Å². The molecule has 26 heavy (non-hydrogen) atoms. The molecule has 6 heteroatoms. The number of thioether (sulfide) groups is 1. The summed E-state index contributed by atoms with van der Waals surface area (Å²) in [5.41, 5.74) is 2.63. The second-order valence-electron chi connectivity index (χ2n) is 6.06. The summed E-state index contributed by atoms with van der Waals surface area (Å²) in [6.07, 6.45) is 4.35. The van der Waals surface area contributed by atoms with E-state index in [9.17, 15) is 4.79 Å². The minimum atomic E-state index is -0.152. The van der Waals surface area contributed by atoms with E-state index in [4.69, 9.17) is 4.74 Å². The molecule has 1 atom stereocenters. The number of fused-ring (bicyclic) bond motifs is 1. The highest BCUT2D eigenvalue weighted by Gasteiger charge is 2.24. The first kappa shape index (κ1) is 16.7. The minimum Gasteiger partial charge on any atom is -0.488 e. The standard InChI is InChI=1S/C20H19N3O2S/c1-26-20-22-13-17(23(20)15-8-3-2-4-9-15)19(24)21-12-16-11-14-7-5-6-10-18(14)25-16/h2-10,13,16H,11-12H2,1H3,(H,21,24)/t16-/m0/s1. The maximum atomic E-state index is 12.8. The zero-order valence-corrected chi connectivity index (χ0v) is 15.2. The fourth-order valence-electron chi connectivity index (χ4n) is 3.13. The van der Waals surface area contributed by atoms with E-state index < -0.39 is 0 Å². The molecule has 0 aliphatic carbocycles. The van der Waals surface area contributed by atoms with E-state index in [2.05, 4.69) is 16.4 Å². The topological polar surface area (TPSA) is 56.1 Å². The fourth-order valence-corrected chi connectivity index (χ4v) is 3.67. The molecule has 132 valence electrons. The van der Waals surface area contributed by atoms with Gasteiger partial charge < -0.3 is 10.1 Å². The van der Waals surface area contributed by atoms with E-state index in [0.717, 1.165) is 23.0 Å². The largest absolute Gasteiger partial charge is 0.488 e. The number of aromatic nitrogens is 2. The van der Waals surface area contributed by atoms with Crippen molar-refractivity contribution in [2.24, 2.45) is 0 Å². The van der Waals surface area contributed by atoms with Gasteiger partial charge in [-0.1, -0.05) is 48.2 Å². The van der Waals surface area contributed by atoms with E-state index in [1.165, 1.54) is 17.3 Å². The average molecular weight is 365 g/mol. The second kappa shape index (κ2) is 7.25. The number of amides is 1. The lowest BCUT2D eigenvalue weighted by Crippen LogP contribution is -2.35. The molecule has 0 fully saturated rings. The Kier molecular flexibility index (Phi) is 4.67. The third kappa shape index (κ3) is 3.20. The highest BCUT2D eigenvalue weighted by Crippen LogP contribution is 2.28. The van der Waals surface area contributed by atoms with Crippen LogP contribution in [0.25, 0.3) is 5.69 Å². The number of nitrogens with zero attached hydrogens (tertiary/aromatic N) is 2. The molecular weight excluding hydrogens is 346 g/mol. The van der Waals surface area contributed by atoms with E-state index in [1.807, 2.05) is 59.4 Å². The highest BCUT2D eigenvalue weighted by molar-refractivity contribution is 7.98. The van der Waals surface area contributed by atoms with Gasteiger partial charge in [-0.2, -0.15) is 0 Å². The molecule has 3 aromatic rings. The van der Waals surface area contributed by atoms with Crippen LogP contribution in [-0.4, -0.2) is 34.4 Å². The minimum absolute atomic E-state index is 0.0375. The van der Waals surface area contributed by atoms with Crippen molar-refractivity contribution in [1.82, 2.24) is 14.9 Å². The Morgan fingerprint density at radius 3 is 2.77 bits per heavy atom. The number of rotatable bonds is 5. The van der Waals surface area contributed by atoms with Crippen LogP contribution in [0.2, 0.25) is 0 Å². The predicted molar refractivity (Wildman–Crippen MR) is 102 cm³/mol. The van der Waals surface area contributed by atoms with Crippen LogP contribution in [-0.2, 0) is 6.42 Å². The van der Waals surface area contributed by atoms with Gasteiger partial charge in [-0.15, -0.1) is 0 Å². The molecule has 1 aliphatic heterocycles. The number of hydrogen-bond acceptors (Lipinski definition) is 4. The number of carbonyl (C=O) groups is 1. The molecule has 5 nitrogen and oxygen atoms in total. The van der Waals surface area contributed by atoms with Gasteiger partial charge in [0.15, 0.2) is 5.16 Å². The van der Waals surface area contributed by atoms with E-state index in [0.29, 0.717) is 12.2 Å². The summed E-state index contributed by atoms with van der Waals surface area (Å²) >= 11 is 1.51. The molecule has 2 aromatic carbocycles. The van der Waals surface area contributed by atoms with Crippen molar-refractivity contribution >= 4 is 17.7 Å². The van der Waals surface area contributed by atoms with E-state index in [1.54, 1.807) is 6.20 Å². The SMILES string of the molecule is CSc1ncc(C(=O)NC[C@@H]2Cc3ccccc3O2)n1-c1ccccc1. The predicted octanol–water partition coefficient (Wildman–Crippen LogP) is 3.33. The lowest BCUT2D eigenvalue weighted by atomic mass is 10.1. The third-order valence-corrected chi connectivity index (χ3v) is 5.02. The Bertz CT molecular complexity index is 899. The maximum Gasteiger partial charge on any atom is 0.270 e. The average Bonchev–Trinajstić information content (AvgIpc) is 3.30. The Balaban J connectivity index is 1.49. The smallest absolute Gasteiger partial charge is 0.270 e. The molecule has 0 saturated carbocycles. The number of imidazole rings is 1. The molecule has 0 unspecified atom stereocenters. The van der Waals surface area contributed by atoms with Crippen molar-refractivity contribution in [1.29, 1.82) is 0 Å². The van der Waals surface area contributed by atoms with Gasteiger partial charge in [-0.05, 0) is 30.0 Å². The van der Waals surface area contributed by atoms with Crippen molar-refractivity contribution in [3.8, 4) is 11.4 Å². The summed E-state index contributed by atoms with van der Waals surface area (Å²) in [7, 11) is 0. The number of hydrogen-bond donors (Lipinski definition) is 1. The molecule has 4 rings (SSSR count). The lowest BCUT2D eigenvalue weighted by molar-refractivity contribution is 0.0926. The summed E-state index contributed by atoms with van der Waals surface area (Å²) in [5.74, 6) is 0.756. The van der Waals surface area contributed by atoms with Crippen LogP contribution in [0.5, 0.6) is 5.75 Å². The zero-order valence-electron chi connectivity index (χ0n) is 14.4. The van der Waals surface area contributed by atoms with Crippen LogP contribution in [0.15, 0.2) is 66.0 Å². The van der Waals surface area contributed by atoms with Gasteiger partial charge in [0.2, 0.25) is 0 Å². The molecule has 2 heterocycles. The van der Waals surface area contributed by atoms with Crippen LogP contribution in [0.3, 0.4) is 0 Å². The van der Waals surface area contributed by atoms with Gasteiger partial charge in [0, 0.05) is 12.1 Å². The number of benzene rings is 2. The maximum absolute atomic E-state index is 12.8. The van der Waals surface area contributed by atoms with Crippen molar-refractivity contribution in [3.63, 3.8) is 0 Å². The van der Waals surface area contributed by atoms with Crippen molar-refractivity contribution in [3.05, 3.63) is 72.1 Å². The van der Waals surface area contributed by atoms with E-state index in [-0.39, 0.29) is 12.0 Å². The molecular formula is C20H19N3O2S. The lowest BCUT2D eigenvalue weighted by Gasteiger charge is -2.14.